The van der Waals surface area contributed by atoms with Gasteiger partial charge in [-0.3, -0.25) is 14.6 Å². The summed E-state index contributed by atoms with van der Waals surface area (Å²) in [6.45, 7) is 6.27. The largest absolute Gasteiger partial charge is 0.496 e. The predicted molar refractivity (Wildman–Crippen MR) is 131 cm³/mol. The molecule has 8 nitrogen and oxygen atoms in total. The van der Waals surface area contributed by atoms with Crippen molar-refractivity contribution in [3.8, 4) is 17.2 Å². The van der Waals surface area contributed by atoms with Crippen molar-refractivity contribution in [2.75, 3.05) is 46.6 Å². The molecule has 1 saturated heterocycles. The first-order valence-electron chi connectivity index (χ1n) is 12.0. The lowest BCUT2D eigenvalue weighted by atomic mass is 10.1. The number of nitrogens with zero attached hydrogens (tertiary/aromatic N) is 2. The van der Waals surface area contributed by atoms with E-state index in [1.165, 1.54) is 5.56 Å². The molecule has 0 atom stereocenters. The molecule has 1 amide bonds. The Morgan fingerprint density at radius 3 is 2.54 bits per heavy atom. The van der Waals surface area contributed by atoms with Gasteiger partial charge in [-0.2, -0.15) is 0 Å². The fourth-order valence-electron chi connectivity index (χ4n) is 4.52. The molecule has 0 bridgehead atoms. The summed E-state index contributed by atoms with van der Waals surface area (Å²) < 4.78 is 22.1. The van der Waals surface area contributed by atoms with Crippen molar-refractivity contribution in [2.45, 2.75) is 19.5 Å². The van der Waals surface area contributed by atoms with Crippen molar-refractivity contribution in [2.24, 2.45) is 0 Å². The Bertz CT molecular complexity index is 1150. The first-order chi connectivity index (χ1) is 17.2. The molecule has 0 radical (unpaired) electrons. The molecule has 2 aliphatic heterocycles. The number of piperazine rings is 1. The van der Waals surface area contributed by atoms with E-state index in [9.17, 15) is 4.79 Å². The maximum atomic E-state index is 12.5. The minimum absolute atomic E-state index is 0.195. The Hall–Kier alpha value is -3.49. The molecule has 0 aliphatic carbocycles. The second kappa shape index (κ2) is 10.8. The monoisotopic (exact) mass is 477 g/mol. The third-order valence-corrected chi connectivity index (χ3v) is 6.45. The fraction of sp³-hybridized carbons (Fsp3) is 0.370. The molecule has 2 aromatic carbocycles. The summed E-state index contributed by atoms with van der Waals surface area (Å²) in [6, 6.07) is 17.6. The van der Waals surface area contributed by atoms with Gasteiger partial charge in [0.2, 0.25) is 6.79 Å². The third-order valence-electron chi connectivity index (χ3n) is 6.45. The topological polar surface area (TPSA) is 76.4 Å². The molecule has 8 heteroatoms. The van der Waals surface area contributed by atoms with E-state index in [4.69, 9.17) is 18.6 Å². The third kappa shape index (κ3) is 5.78. The van der Waals surface area contributed by atoms with Crippen molar-refractivity contribution in [1.82, 2.24) is 15.1 Å². The molecule has 3 aromatic rings. The van der Waals surface area contributed by atoms with Gasteiger partial charge in [-0.1, -0.05) is 24.3 Å². The van der Waals surface area contributed by atoms with Crippen molar-refractivity contribution in [3.63, 3.8) is 0 Å². The van der Waals surface area contributed by atoms with Crippen LogP contribution in [0.4, 0.5) is 0 Å². The Labute approximate surface area is 205 Å². The smallest absolute Gasteiger partial charge is 0.287 e. The van der Waals surface area contributed by atoms with E-state index in [1.54, 1.807) is 13.2 Å². The molecule has 3 heterocycles. The quantitative estimate of drug-likeness (QED) is 0.507. The summed E-state index contributed by atoms with van der Waals surface area (Å²) in [4.78, 5) is 17.3. The van der Waals surface area contributed by atoms with E-state index in [-0.39, 0.29) is 5.91 Å². The van der Waals surface area contributed by atoms with E-state index in [2.05, 4.69) is 27.2 Å². The summed E-state index contributed by atoms with van der Waals surface area (Å²) in [6.07, 6.45) is 0.694. The molecular weight excluding hydrogens is 446 g/mol. The number of carbonyl (C=O) groups excluding carboxylic acids is 1. The van der Waals surface area contributed by atoms with Crippen LogP contribution in [0.2, 0.25) is 0 Å². The van der Waals surface area contributed by atoms with E-state index >= 15 is 0 Å². The lowest BCUT2D eigenvalue weighted by Gasteiger charge is -2.34. The Morgan fingerprint density at radius 2 is 1.71 bits per heavy atom. The minimum atomic E-state index is -0.195. The highest BCUT2D eigenvalue weighted by molar-refractivity contribution is 5.91. The zero-order chi connectivity index (χ0) is 24.0. The van der Waals surface area contributed by atoms with Crippen molar-refractivity contribution < 1.29 is 23.4 Å². The summed E-state index contributed by atoms with van der Waals surface area (Å²) in [5, 5.41) is 2.93. The number of hydrogen-bond acceptors (Lipinski definition) is 7. The SMILES string of the molecule is COc1ccccc1CCNC(=O)c1ccc(CN2CCN(Cc3ccc4c(c3)OCO4)CC2)o1. The molecule has 2 aliphatic rings. The summed E-state index contributed by atoms with van der Waals surface area (Å²) >= 11 is 0. The van der Waals surface area contributed by atoms with Gasteiger partial charge >= 0.3 is 0 Å². The van der Waals surface area contributed by atoms with Crippen LogP contribution < -0.4 is 19.5 Å². The Balaban J connectivity index is 1.05. The minimum Gasteiger partial charge on any atom is -0.496 e. The normalized spacial score (nSPS) is 15.8. The average molecular weight is 478 g/mol. The number of methoxy groups -OCH3 is 1. The zero-order valence-electron chi connectivity index (χ0n) is 20.0. The number of benzene rings is 2. The van der Waals surface area contributed by atoms with Gasteiger partial charge in [-0.05, 0) is 47.9 Å². The number of nitrogens with one attached hydrogen (secondary N) is 1. The predicted octanol–water partition coefficient (Wildman–Crippen LogP) is 3.31. The Kier molecular flexibility index (Phi) is 7.20. The van der Waals surface area contributed by atoms with Gasteiger partial charge in [0.1, 0.15) is 11.5 Å². The molecule has 0 saturated carbocycles. The van der Waals surface area contributed by atoms with Crippen LogP contribution in [0.3, 0.4) is 0 Å². The molecule has 1 fully saturated rings. The van der Waals surface area contributed by atoms with Crippen LogP contribution in [0, 0.1) is 0 Å². The van der Waals surface area contributed by atoms with Gasteiger partial charge in [0.25, 0.3) is 5.91 Å². The lowest BCUT2D eigenvalue weighted by molar-refractivity contribution is 0.0915. The molecule has 35 heavy (non-hydrogen) atoms. The first kappa shape index (κ1) is 23.3. The van der Waals surface area contributed by atoms with Gasteiger partial charge in [-0.25, -0.2) is 0 Å². The molecule has 184 valence electrons. The number of hydrogen-bond donors (Lipinski definition) is 1. The molecule has 1 N–H and O–H groups in total. The number of fused-ring (bicyclic) bond motifs is 1. The number of ether oxygens (including phenoxy) is 3. The molecular formula is C27H31N3O5. The van der Waals surface area contributed by atoms with E-state index in [0.717, 1.165) is 61.3 Å². The molecule has 0 unspecified atom stereocenters. The van der Waals surface area contributed by atoms with Crippen molar-refractivity contribution >= 4 is 5.91 Å². The number of rotatable bonds is 9. The lowest BCUT2D eigenvalue weighted by Crippen LogP contribution is -2.45. The summed E-state index contributed by atoms with van der Waals surface area (Å²) in [5.74, 6) is 3.45. The molecule has 5 rings (SSSR count). The molecule has 0 spiro atoms. The van der Waals surface area contributed by atoms with E-state index in [0.29, 0.717) is 32.1 Å². The summed E-state index contributed by atoms with van der Waals surface area (Å²) in [7, 11) is 1.65. The van der Waals surface area contributed by atoms with Gasteiger partial charge in [0.15, 0.2) is 17.3 Å². The summed E-state index contributed by atoms with van der Waals surface area (Å²) in [5.41, 5.74) is 2.29. The standard InChI is InChI=1S/C27H31N3O5/c1-32-23-5-3-2-4-21(23)10-11-28-27(31)25-9-7-22(35-25)18-30-14-12-29(13-15-30)17-20-6-8-24-26(16-20)34-19-33-24/h2-9,16H,10-15,17-19H2,1H3,(H,28,31). The Morgan fingerprint density at radius 1 is 0.943 bits per heavy atom. The highest BCUT2D eigenvalue weighted by Gasteiger charge is 2.20. The highest BCUT2D eigenvalue weighted by atomic mass is 16.7. The first-order valence-corrected chi connectivity index (χ1v) is 12.0. The van der Waals surface area contributed by atoms with Crippen LogP contribution >= 0.6 is 0 Å². The van der Waals surface area contributed by atoms with E-state index in [1.807, 2.05) is 36.4 Å². The van der Waals surface area contributed by atoms with Crippen LogP contribution in [0.25, 0.3) is 0 Å². The number of carbonyl (C=O) groups is 1. The van der Waals surface area contributed by atoms with Crippen LogP contribution in [-0.4, -0.2) is 62.3 Å². The average Bonchev–Trinajstić information content (AvgIpc) is 3.55. The van der Waals surface area contributed by atoms with E-state index < -0.39 is 0 Å². The number of amides is 1. The zero-order valence-corrected chi connectivity index (χ0v) is 20.0. The van der Waals surface area contributed by atoms with Gasteiger partial charge in [0.05, 0.1) is 13.7 Å². The van der Waals surface area contributed by atoms with Gasteiger partial charge in [-0.15, -0.1) is 0 Å². The maximum Gasteiger partial charge on any atom is 0.287 e. The van der Waals surface area contributed by atoms with Crippen molar-refractivity contribution in [3.05, 3.63) is 77.2 Å². The van der Waals surface area contributed by atoms with Gasteiger partial charge in [0, 0.05) is 39.3 Å². The number of furan rings is 1. The highest BCUT2D eigenvalue weighted by Crippen LogP contribution is 2.32. The maximum absolute atomic E-state index is 12.5. The number of para-hydroxylation sites is 1. The van der Waals surface area contributed by atoms with Crippen LogP contribution in [0.15, 0.2) is 59.0 Å². The fourth-order valence-corrected chi connectivity index (χ4v) is 4.52. The molecule has 1 aromatic heterocycles. The van der Waals surface area contributed by atoms with Gasteiger partial charge < -0.3 is 23.9 Å². The second-order valence-corrected chi connectivity index (χ2v) is 8.82. The van der Waals surface area contributed by atoms with Crippen LogP contribution in [0.1, 0.15) is 27.4 Å². The second-order valence-electron chi connectivity index (χ2n) is 8.82. The van der Waals surface area contributed by atoms with Crippen LogP contribution in [0.5, 0.6) is 17.2 Å². The van der Waals surface area contributed by atoms with Crippen molar-refractivity contribution in [1.29, 1.82) is 0 Å². The van der Waals surface area contributed by atoms with Crippen LogP contribution in [-0.2, 0) is 19.5 Å².